The van der Waals surface area contributed by atoms with E-state index in [-0.39, 0.29) is 34.8 Å². The summed E-state index contributed by atoms with van der Waals surface area (Å²) < 4.78 is 39.0. The molecule has 3 aromatic rings. The maximum atomic E-state index is 13.4. The number of amides is 1. The summed E-state index contributed by atoms with van der Waals surface area (Å²) in [7, 11) is -1.87. The van der Waals surface area contributed by atoms with Crippen LogP contribution in [0.15, 0.2) is 59.6 Å². The van der Waals surface area contributed by atoms with E-state index in [1.54, 1.807) is 30.3 Å². The predicted octanol–water partition coefficient (Wildman–Crippen LogP) is 3.97. The molecule has 1 aromatic heterocycles. The van der Waals surface area contributed by atoms with Crippen molar-refractivity contribution in [1.29, 1.82) is 0 Å². The van der Waals surface area contributed by atoms with Crippen molar-refractivity contribution in [2.45, 2.75) is 37.1 Å². The number of hydrogen-bond acceptors (Lipinski definition) is 5. The van der Waals surface area contributed by atoms with Crippen molar-refractivity contribution in [2.75, 3.05) is 30.8 Å². The van der Waals surface area contributed by atoms with Crippen molar-refractivity contribution in [3.05, 3.63) is 66.2 Å². The molecule has 6 nitrogen and oxygen atoms in total. The molecule has 0 radical (unpaired) electrons. The lowest BCUT2D eigenvalue weighted by atomic mass is 10.0. The van der Waals surface area contributed by atoms with Crippen molar-refractivity contribution in [1.82, 2.24) is 9.88 Å². The Hall–Kier alpha value is -3.00. The van der Waals surface area contributed by atoms with E-state index in [2.05, 4.69) is 16.0 Å². The average Bonchev–Trinajstić information content (AvgIpc) is 2.82. The van der Waals surface area contributed by atoms with Gasteiger partial charge in [-0.2, -0.15) is 0 Å². The van der Waals surface area contributed by atoms with Gasteiger partial charge in [0, 0.05) is 50.2 Å². The van der Waals surface area contributed by atoms with Crippen LogP contribution in [0.25, 0.3) is 10.8 Å². The summed E-state index contributed by atoms with van der Waals surface area (Å²) in [5, 5.41) is 1.29. The monoisotopic (exact) mass is 469 g/mol. The number of nitrogens with zero attached hydrogens (tertiary/aromatic N) is 3. The van der Waals surface area contributed by atoms with Crippen LogP contribution in [-0.2, 0) is 14.6 Å². The van der Waals surface area contributed by atoms with E-state index in [0.29, 0.717) is 10.8 Å². The van der Waals surface area contributed by atoms with Crippen molar-refractivity contribution >= 4 is 32.2 Å². The Kier molecular flexibility index (Phi) is 6.65. The van der Waals surface area contributed by atoms with Gasteiger partial charge >= 0.3 is 0 Å². The molecule has 0 saturated carbocycles. The minimum Gasteiger partial charge on any atom is -0.371 e. The quantitative estimate of drug-likeness (QED) is 0.546. The molecule has 0 N–H and O–H groups in total. The van der Waals surface area contributed by atoms with Gasteiger partial charge in [0.15, 0.2) is 9.84 Å². The van der Waals surface area contributed by atoms with Gasteiger partial charge in [-0.3, -0.25) is 9.78 Å². The summed E-state index contributed by atoms with van der Waals surface area (Å²) in [6.07, 6.45) is 3.40. The lowest BCUT2D eigenvalue weighted by Crippen LogP contribution is -2.46. The van der Waals surface area contributed by atoms with Crippen molar-refractivity contribution in [3.8, 4) is 0 Å². The Morgan fingerprint density at radius 2 is 1.79 bits per heavy atom. The number of carbonyl (C=O) groups excluding carboxylic acids is 1. The SMILES string of the molecule is Cc1cc(N2CCC(N(C)C(=O)CCS(=O)(=O)c3ccc4cc(F)ccc4c3)CC2)ccn1. The molecule has 33 heavy (non-hydrogen) atoms. The lowest BCUT2D eigenvalue weighted by molar-refractivity contribution is -0.131. The Bertz CT molecular complexity index is 1270. The molecule has 1 fully saturated rings. The maximum absolute atomic E-state index is 13.4. The molecule has 174 valence electrons. The van der Waals surface area contributed by atoms with Gasteiger partial charge in [0.05, 0.1) is 10.6 Å². The first kappa shape index (κ1) is 23.2. The van der Waals surface area contributed by atoms with E-state index in [0.717, 1.165) is 37.3 Å². The van der Waals surface area contributed by atoms with Gasteiger partial charge in [0.1, 0.15) is 5.82 Å². The first-order valence-electron chi connectivity index (χ1n) is 11.1. The fourth-order valence-electron chi connectivity index (χ4n) is 4.35. The Labute approximate surface area is 194 Å². The maximum Gasteiger partial charge on any atom is 0.223 e. The largest absolute Gasteiger partial charge is 0.371 e. The third kappa shape index (κ3) is 5.33. The molecule has 4 rings (SSSR count). The highest BCUT2D eigenvalue weighted by molar-refractivity contribution is 7.91. The minimum absolute atomic E-state index is 0.0654. The van der Waals surface area contributed by atoms with E-state index >= 15 is 0 Å². The molecular weight excluding hydrogens is 441 g/mol. The number of carbonyl (C=O) groups is 1. The highest BCUT2D eigenvalue weighted by Gasteiger charge is 2.27. The number of fused-ring (bicyclic) bond motifs is 1. The molecule has 1 saturated heterocycles. The molecule has 2 aromatic carbocycles. The van der Waals surface area contributed by atoms with Crippen LogP contribution in [0.5, 0.6) is 0 Å². The molecule has 0 atom stereocenters. The molecule has 0 bridgehead atoms. The van der Waals surface area contributed by atoms with Gasteiger partial charge in [-0.05, 0) is 66.9 Å². The van der Waals surface area contributed by atoms with Crippen molar-refractivity contribution in [2.24, 2.45) is 0 Å². The first-order valence-corrected chi connectivity index (χ1v) is 12.7. The van der Waals surface area contributed by atoms with Gasteiger partial charge < -0.3 is 9.80 Å². The summed E-state index contributed by atoms with van der Waals surface area (Å²) in [6, 6.07) is 13.0. The number of pyridine rings is 1. The zero-order valence-electron chi connectivity index (χ0n) is 18.9. The molecule has 8 heteroatoms. The zero-order chi connectivity index (χ0) is 23.6. The van der Waals surface area contributed by atoms with E-state index in [9.17, 15) is 17.6 Å². The summed E-state index contributed by atoms with van der Waals surface area (Å²) >= 11 is 0. The number of benzene rings is 2. The second-order valence-electron chi connectivity index (χ2n) is 8.60. The van der Waals surface area contributed by atoms with Crippen LogP contribution in [0.3, 0.4) is 0 Å². The first-order chi connectivity index (χ1) is 15.7. The summed E-state index contributed by atoms with van der Waals surface area (Å²) in [5.74, 6) is -0.786. The molecule has 0 spiro atoms. The molecule has 2 heterocycles. The van der Waals surface area contributed by atoms with E-state index in [4.69, 9.17) is 0 Å². The molecule has 0 unspecified atom stereocenters. The summed E-state index contributed by atoms with van der Waals surface area (Å²) in [5.41, 5.74) is 2.11. The number of halogens is 1. The third-order valence-electron chi connectivity index (χ3n) is 6.37. The highest BCUT2D eigenvalue weighted by atomic mass is 32.2. The van der Waals surface area contributed by atoms with E-state index < -0.39 is 9.84 Å². The molecule has 1 aliphatic heterocycles. The van der Waals surface area contributed by atoms with Crippen LogP contribution < -0.4 is 4.90 Å². The molecule has 0 aliphatic carbocycles. The average molecular weight is 470 g/mol. The second kappa shape index (κ2) is 9.47. The van der Waals surface area contributed by atoms with E-state index in [1.165, 1.54) is 24.3 Å². The molecular formula is C25H28FN3O3S. The number of sulfone groups is 1. The highest BCUT2D eigenvalue weighted by Crippen LogP contribution is 2.24. The third-order valence-corrected chi connectivity index (χ3v) is 8.08. The predicted molar refractivity (Wildman–Crippen MR) is 128 cm³/mol. The van der Waals surface area contributed by atoms with Gasteiger partial charge in [-0.1, -0.05) is 12.1 Å². The van der Waals surface area contributed by atoms with Crippen LogP contribution in [0.2, 0.25) is 0 Å². The van der Waals surface area contributed by atoms with Crippen molar-refractivity contribution in [3.63, 3.8) is 0 Å². The molecule has 1 amide bonds. The summed E-state index contributed by atoms with van der Waals surface area (Å²) in [6.45, 7) is 3.64. The van der Waals surface area contributed by atoms with Gasteiger partial charge in [-0.15, -0.1) is 0 Å². The normalized spacial score (nSPS) is 15.1. The van der Waals surface area contributed by atoms with Crippen LogP contribution >= 0.6 is 0 Å². The van der Waals surface area contributed by atoms with Crippen LogP contribution in [-0.4, -0.2) is 56.1 Å². The van der Waals surface area contributed by atoms with Gasteiger partial charge in [-0.25, -0.2) is 12.8 Å². The van der Waals surface area contributed by atoms with Crippen LogP contribution in [0.1, 0.15) is 25.0 Å². The second-order valence-corrected chi connectivity index (χ2v) is 10.7. The number of aromatic nitrogens is 1. The summed E-state index contributed by atoms with van der Waals surface area (Å²) in [4.78, 5) is 21.1. The Morgan fingerprint density at radius 1 is 1.09 bits per heavy atom. The van der Waals surface area contributed by atoms with Crippen LogP contribution in [0.4, 0.5) is 10.1 Å². The van der Waals surface area contributed by atoms with Crippen LogP contribution in [0, 0.1) is 12.7 Å². The fourth-order valence-corrected chi connectivity index (χ4v) is 5.61. The van der Waals surface area contributed by atoms with Gasteiger partial charge in [0.25, 0.3) is 0 Å². The fraction of sp³-hybridized carbons (Fsp3) is 0.360. The van der Waals surface area contributed by atoms with Gasteiger partial charge in [0.2, 0.25) is 5.91 Å². The lowest BCUT2D eigenvalue weighted by Gasteiger charge is -2.38. The molecule has 1 aliphatic rings. The number of rotatable bonds is 6. The topological polar surface area (TPSA) is 70.6 Å². The van der Waals surface area contributed by atoms with Crippen molar-refractivity contribution < 1.29 is 17.6 Å². The number of anilines is 1. The standard InChI is InChI=1S/C25H28FN3O3S/c1-18-15-23(7-11-27-18)29-12-8-22(9-13-29)28(2)25(30)10-14-33(31,32)24-6-4-19-16-21(26)5-3-20(19)17-24/h3-7,11,15-17,22H,8-10,12-14H2,1-2H3. The number of piperidine rings is 1. The minimum atomic E-state index is -3.63. The Balaban J connectivity index is 1.34. The Morgan fingerprint density at radius 3 is 2.52 bits per heavy atom. The smallest absolute Gasteiger partial charge is 0.223 e. The zero-order valence-corrected chi connectivity index (χ0v) is 19.7. The van der Waals surface area contributed by atoms with E-state index in [1.807, 2.05) is 13.0 Å². The number of aryl methyl sites for hydroxylation is 1. The number of hydrogen-bond donors (Lipinski definition) is 0.